The fourth-order valence-corrected chi connectivity index (χ4v) is 5.39. The molecule has 0 aliphatic heterocycles. The molecule has 12 heteroatoms. The fraction of sp³-hybridized carbons (Fsp3) is 0.192. The number of nitrogens with zero attached hydrogens (tertiary/aromatic N) is 5. The summed E-state index contributed by atoms with van der Waals surface area (Å²) in [5, 5.41) is 35.3. The Morgan fingerprint density at radius 3 is 2.58 bits per heavy atom. The molecule has 0 bridgehead atoms. The summed E-state index contributed by atoms with van der Waals surface area (Å²) in [6.45, 7) is 7.79. The van der Waals surface area contributed by atoms with Gasteiger partial charge in [0.2, 0.25) is 11.6 Å². The number of halogens is 1. The van der Waals surface area contributed by atoms with Crippen LogP contribution in [-0.4, -0.2) is 51.5 Å². The number of anilines is 1. The number of pyridine rings is 2. The maximum Gasteiger partial charge on any atom is 0.237 e. The van der Waals surface area contributed by atoms with E-state index in [1.807, 2.05) is 29.6 Å². The highest BCUT2D eigenvalue weighted by Gasteiger charge is 2.22. The van der Waals surface area contributed by atoms with E-state index in [1.165, 1.54) is 29.3 Å². The Hall–Kier alpha value is -3.71. The summed E-state index contributed by atoms with van der Waals surface area (Å²) < 4.78 is 5.33. The summed E-state index contributed by atoms with van der Waals surface area (Å²) in [6.07, 6.45) is 1.51. The molecule has 0 aliphatic carbocycles. The molecule has 1 aromatic carbocycles. The van der Waals surface area contributed by atoms with Gasteiger partial charge in [-0.3, -0.25) is 0 Å². The Morgan fingerprint density at radius 2 is 1.92 bits per heavy atom. The van der Waals surface area contributed by atoms with Gasteiger partial charge in [0.25, 0.3) is 0 Å². The van der Waals surface area contributed by atoms with Crippen molar-refractivity contribution in [2.24, 2.45) is 0 Å². The quantitative estimate of drug-likeness (QED) is 0.162. The number of thioether (sulfide) groups is 1. The van der Waals surface area contributed by atoms with E-state index in [4.69, 9.17) is 33.0 Å². The molecule has 0 atom stereocenters. The second-order valence-corrected chi connectivity index (χ2v) is 9.89. The zero-order valence-electron chi connectivity index (χ0n) is 19.9. The zero-order chi connectivity index (χ0) is 26.9. The molecule has 4 aromatic rings. The molecular weight excluding hydrogens is 544 g/mol. The van der Waals surface area contributed by atoms with E-state index in [1.54, 1.807) is 12.1 Å². The predicted molar refractivity (Wildman–Crippen MR) is 149 cm³/mol. The first-order chi connectivity index (χ1) is 18.6. The van der Waals surface area contributed by atoms with Crippen LogP contribution < -0.4 is 10.1 Å². The van der Waals surface area contributed by atoms with E-state index in [9.17, 15) is 10.4 Å². The van der Waals surface area contributed by atoms with Crippen molar-refractivity contribution in [1.29, 1.82) is 5.26 Å². The normalized spacial score (nSPS) is 10.6. The monoisotopic (exact) mass is 564 g/mol. The van der Waals surface area contributed by atoms with Crippen molar-refractivity contribution in [2.45, 2.75) is 10.8 Å². The summed E-state index contributed by atoms with van der Waals surface area (Å²) in [4.78, 5) is 17.2. The summed E-state index contributed by atoms with van der Waals surface area (Å²) in [5.41, 5.74) is 3.12. The largest absolute Gasteiger partial charge is 0.475 e. The van der Waals surface area contributed by atoms with Gasteiger partial charge in [-0.25, -0.2) is 19.8 Å². The van der Waals surface area contributed by atoms with Gasteiger partial charge >= 0.3 is 0 Å². The third kappa shape index (κ3) is 6.40. The summed E-state index contributed by atoms with van der Waals surface area (Å²) >= 11 is 8.84. The van der Waals surface area contributed by atoms with Crippen LogP contribution in [0.3, 0.4) is 0 Å². The molecule has 0 amide bonds. The van der Waals surface area contributed by atoms with Crippen molar-refractivity contribution in [1.82, 2.24) is 15.0 Å². The maximum atomic E-state index is 10.1. The van der Waals surface area contributed by atoms with Gasteiger partial charge in [0.05, 0.1) is 31.0 Å². The number of ether oxygens (including phenoxy) is 1. The number of hydrogen-bond acceptors (Lipinski definition) is 10. The average molecular weight is 565 g/mol. The van der Waals surface area contributed by atoms with Gasteiger partial charge in [0.1, 0.15) is 28.5 Å². The average Bonchev–Trinajstić information content (AvgIpc) is 3.43. The van der Waals surface area contributed by atoms with Gasteiger partial charge in [-0.05, 0) is 23.8 Å². The van der Waals surface area contributed by atoms with E-state index in [0.29, 0.717) is 32.8 Å². The van der Waals surface area contributed by atoms with Crippen molar-refractivity contribution in [2.75, 3.05) is 31.7 Å². The lowest BCUT2D eigenvalue weighted by Crippen LogP contribution is -2.09. The van der Waals surface area contributed by atoms with Gasteiger partial charge in [-0.15, -0.1) is 11.3 Å². The molecule has 0 unspecified atom stereocenters. The number of rotatable bonds is 11. The number of thiazole rings is 1. The SMILES string of the molecule is [C-]#[N+]c1c(NCCO)nc(SCc2csc(-c3ccc(Cl)cc3)n2)c(C#N)c1-c1ccc(OCCO)nc1. The van der Waals surface area contributed by atoms with Crippen LogP contribution in [0, 0.1) is 17.9 Å². The van der Waals surface area contributed by atoms with E-state index in [-0.39, 0.29) is 43.4 Å². The molecule has 3 aromatic heterocycles. The number of aromatic nitrogens is 3. The number of hydrogen-bond donors (Lipinski definition) is 3. The molecule has 192 valence electrons. The molecule has 4 rings (SSSR count). The van der Waals surface area contributed by atoms with Crippen LogP contribution in [0.4, 0.5) is 11.5 Å². The van der Waals surface area contributed by atoms with Crippen LogP contribution in [0.15, 0.2) is 53.0 Å². The first-order valence-corrected chi connectivity index (χ1v) is 13.6. The summed E-state index contributed by atoms with van der Waals surface area (Å²) in [6, 6.07) is 13.0. The predicted octanol–water partition coefficient (Wildman–Crippen LogP) is 5.41. The molecule has 38 heavy (non-hydrogen) atoms. The lowest BCUT2D eigenvalue weighted by molar-refractivity contribution is 0.196. The van der Waals surface area contributed by atoms with Crippen molar-refractivity contribution < 1.29 is 14.9 Å². The molecular formula is C26H21ClN6O3S2. The second-order valence-electron chi connectivity index (χ2n) is 7.63. The molecule has 0 aliphatic rings. The van der Waals surface area contributed by atoms with Gasteiger partial charge in [-0.2, -0.15) is 5.26 Å². The van der Waals surface area contributed by atoms with Crippen molar-refractivity contribution >= 4 is 46.2 Å². The van der Waals surface area contributed by atoms with E-state index in [0.717, 1.165) is 16.3 Å². The Balaban J connectivity index is 1.69. The molecule has 3 heterocycles. The van der Waals surface area contributed by atoms with Crippen LogP contribution in [0.25, 0.3) is 26.5 Å². The highest BCUT2D eigenvalue weighted by Crippen LogP contribution is 2.43. The molecule has 3 N–H and O–H groups in total. The number of nitrogens with one attached hydrogen (secondary N) is 1. The number of nitriles is 1. The summed E-state index contributed by atoms with van der Waals surface area (Å²) in [5.74, 6) is 1.04. The Bertz CT molecular complexity index is 1480. The summed E-state index contributed by atoms with van der Waals surface area (Å²) in [7, 11) is 0. The van der Waals surface area contributed by atoms with Crippen LogP contribution >= 0.6 is 34.7 Å². The topological polar surface area (TPSA) is 129 Å². The van der Waals surface area contributed by atoms with E-state index >= 15 is 0 Å². The van der Waals surface area contributed by atoms with Crippen LogP contribution in [-0.2, 0) is 5.75 Å². The number of benzene rings is 1. The van der Waals surface area contributed by atoms with Crippen molar-refractivity contribution in [3.05, 3.63) is 75.7 Å². The third-order valence-electron chi connectivity index (χ3n) is 5.13. The van der Waals surface area contributed by atoms with Crippen LogP contribution in [0.1, 0.15) is 11.3 Å². The Kier molecular flexibility index (Phi) is 9.49. The van der Waals surface area contributed by atoms with Crippen molar-refractivity contribution in [3.63, 3.8) is 0 Å². The highest BCUT2D eigenvalue weighted by atomic mass is 35.5. The minimum atomic E-state index is -0.151. The highest BCUT2D eigenvalue weighted by molar-refractivity contribution is 7.98. The molecule has 0 saturated carbocycles. The first kappa shape index (κ1) is 27.3. The minimum Gasteiger partial charge on any atom is -0.475 e. The van der Waals surface area contributed by atoms with E-state index in [2.05, 4.69) is 26.2 Å². The van der Waals surface area contributed by atoms with Gasteiger partial charge in [0, 0.05) is 46.1 Å². The smallest absolute Gasteiger partial charge is 0.237 e. The molecule has 0 fully saturated rings. The molecule has 0 spiro atoms. The van der Waals surface area contributed by atoms with Crippen LogP contribution in [0.5, 0.6) is 5.88 Å². The standard InChI is InChI=1S/C26H21ClN6O3S2/c1-29-23-22(17-4-7-21(31-13-17)36-11-10-35)20(12-28)26(33-24(23)30-8-9-34)38-15-19-14-37-25(32-19)16-2-5-18(27)6-3-16/h2-7,13-14,34-35H,8-11,15H2,(H,30,33). The first-order valence-electron chi connectivity index (χ1n) is 11.3. The van der Waals surface area contributed by atoms with Crippen molar-refractivity contribution in [3.8, 4) is 33.6 Å². The Morgan fingerprint density at radius 1 is 1.13 bits per heavy atom. The maximum absolute atomic E-state index is 10.1. The van der Waals surface area contributed by atoms with Gasteiger partial charge < -0.3 is 20.3 Å². The van der Waals surface area contributed by atoms with Crippen LogP contribution in [0.2, 0.25) is 5.02 Å². The lowest BCUT2D eigenvalue weighted by Gasteiger charge is -2.16. The lowest BCUT2D eigenvalue weighted by atomic mass is 10.0. The fourth-order valence-electron chi connectivity index (χ4n) is 3.45. The number of aliphatic hydroxyl groups excluding tert-OH is 2. The molecule has 0 radical (unpaired) electrons. The molecule has 0 saturated heterocycles. The third-order valence-corrected chi connectivity index (χ3v) is 7.33. The van der Waals surface area contributed by atoms with Gasteiger partial charge in [0.15, 0.2) is 0 Å². The molecule has 9 nitrogen and oxygen atoms in total. The van der Waals surface area contributed by atoms with E-state index < -0.39 is 0 Å². The Labute approximate surface area is 232 Å². The second kappa shape index (κ2) is 13.2. The number of aliphatic hydroxyl groups is 2. The minimum absolute atomic E-state index is 0.102. The van der Waals surface area contributed by atoms with Gasteiger partial charge in [-0.1, -0.05) is 35.5 Å². The zero-order valence-corrected chi connectivity index (χ0v) is 22.3.